The molecule has 1 aliphatic carbocycles. The number of piperazine rings is 1. The van der Waals surface area contributed by atoms with Crippen molar-refractivity contribution in [1.29, 1.82) is 0 Å². The van der Waals surface area contributed by atoms with E-state index in [-0.39, 0.29) is 0 Å². The Balaban J connectivity index is 1.91. The van der Waals surface area contributed by atoms with E-state index in [0.717, 1.165) is 6.04 Å². The Morgan fingerprint density at radius 3 is 2.50 bits per heavy atom. The molecule has 3 heteroatoms. The van der Waals surface area contributed by atoms with Gasteiger partial charge in [0.1, 0.15) is 0 Å². The third kappa shape index (κ3) is 3.49. The predicted molar refractivity (Wildman–Crippen MR) is 82.5 cm³/mol. The lowest BCUT2D eigenvalue weighted by Crippen LogP contribution is -2.54. The normalized spacial score (nSPS) is 30.5. The topological polar surface area (TPSA) is 6.48 Å². The highest BCUT2D eigenvalue weighted by Crippen LogP contribution is 2.38. The highest BCUT2D eigenvalue weighted by molar-refractivity contribution is 9.09. The maximum atomic E-state index is 3.80. The van der Waals surface area contributed by atoms with Crippen molar-refractivity contribution in [2.24, 2.45) is 5.41 Å². The minimum absolute atomic E-state index is 0.576. The molecule has 0 bridgehead atoms. The highest BCUT2D eigenvalue weighted by Gasteiger charge is 2.34. The van der Waals surface area contributed by atoms with E-state index in [4.69, 9.17) is 0 Å². The van der Waals surface area contributed by atoms with Crippen LogP contribution >= 0.6 is 15.9 Å². The molecule has 0 amide bonds. The van der Waals surface area contributed by atoms with Crippen LogP contribution in [0.25, 0.3) is 0 Å². The van der Waals surface area contributed by atoms with Gasteiger partial charge in [-0.3, -0.25) is 4.90 Å². The Morgan fingerprint density at radius 1 is 1.17 bits per heavy atom. The van der Waals surface area contributed by atoms with E-state index >= 15 is 0 Å². The summed E-state index contributed by atoms with van der Waals surface area (Å²) in [7, 11) is 2.28. The molecule has 0 N–H and O–H groups in total. The van der Waals surface area contributed by atoms with E-state index in [2.05, 4.69) is 39.7 Å². The molecule has 1 unspecified atom stereocenters. The summed E-state index contributed by atoms with van der Waals surface area (Å²) in [6, 6.07) is 0.773. The second-order valence-electron chi connectivity index (χ2n) is 6.47. The van der Waals surface area contributed by atoms with Gasteiger partial charge >= 0.3 is 0 Å². The van der Waals surface area contributed by atoms with E-state index in [9.17, 15) is 0 Å². The van der Waals surface area contributed by atoms with Crippen molar-refractivity contribution < 1.29 is 0 Å². The summed E-state index contributed by atoms with van der Waals surface area (Å²) in [4.78, 5) is 5.28. The fourth-order valence-electron chi connectivity index (χ4n) is 3.70. The largest absolute Gasteiger partial charge is 0.301 e. The number of hydrogen-bond donors (Lipinski definition) is 0. The van der Waals surface area contributed by atoms with Crippen molar-refractivity contribution in [2.45, 2.75) is 51.5 Å². The molecule has 0 aromatic heterocycles. The molecule has 1 atom stereocenters. The lowest BCUT2D eigenvalue weighted by atomic mass is 9.75. The second-order valence-corrected chi connectivity index (χ2v) is 7.03. The van der Waals surface area contributed by atoms with Crippen LogP contribution in [-0.2, 0) is 0 Å². The van der Waals surface area contributed by atoms with Gasteiger partial charge in [0.25, 0.3) is 0 Å². The molecule has 2 rings (SSSR count). The monoisotopic (exact) mass is 316 g/mol. The predicted octanol–water partition coefficient (Wildman–Crippen LogP) is 3.36. The molecule has 2 aliphatic rings. The van der Waals surface area contributed by atoms with E-state index < -0.39 is 0 Å². The Labute approximate surface area is 121 Å². The lowest BCUT2D eigenvalue weighted by molar-refractivity contribution is 0.0506. The zero-order valence-electron chi connectivity index (χ0n) is 12.1. The van der Waals surface area contributed by atoms with E-state index in [1.807, 2.05) is 0 Å². The Bertz CT molecular complexity index is 251. The molecule has 1 heterocycles. The summed E-state index contributed by atoms with van der Waals surface area (Å²) in [6.45, 7) is 7.44. The molecule has 0 spiro atoms. The standard InChI is InChI=1S/C15H29BrN2/c1-3-14-11-18(10-9-17(14)2)13-15(12-16)7-5-4-6-8-15/h14H,3-13H2,1-2H3. The number of halogens is 1. The zero-order valence-corrected chi connectivity index (χ0v) is 13.7. The SMILES string of the molecule is CCC1CN(CC2(CBr)CCCCC2)CCN1C. The third-order valence-electron chi connectivity index (χ3n) is 5.09. The summed E-state index contributed by atoms with van der Waals surface area (Å²) >= 11 is 3.80. The quantitative estimate of drug-likeness (QED) is 0.734. The van der Waals surface area contributed by atoms with Gasteiger partial charge < -0.3 is 4.90 Å². The van der Waals surface area contributed by atoms with Crippen molar-refractivity contribution in [2.75, 3.05) is 38.6 Å². The van der Waals surface area contributed by atoms with Crippen LogP contribution in [0.4, 0.5) is 0 Å². The zero-order chi connectivity index (χ0) is 13.0. The van der Waals surface area contributed by atoms with Gasteiger partial charge in [0.15, 0.2) is 0 Å². The maximum Gasteiger partial charge on any atom is 0.0218 e. The number of hydrogen-bond acceptors (Lipinski definition) is 2. The van der Waals surface area contributed by atoms with Gasteiger partial charge in [0.05, 0.1) is 0 Å². The molecule has 18 heavy (non-hydrogen) atoms. The number of nitrogens with zero attached hydrogens (tertiary/aromatic N) is 2. The molecule has 1 saturated heterocycles. The van der Waals surface area contributed by atoms with Crippen LogP contribution in [0.3, 0.4) is 0 Å². The first-order valence-electron chi connectivity index (χ1n) is 7.68. The average molecular weight is 317 g/mol. The molecule has 1 aliphatic heterocycles. The number of rotatable bonds is 4. The van der Waals surface area contributed by atoms with E-state index in [1.54, 1.807) is 0 Å². The molecule has 0 radical (unpaired) electrons. The van der Waals surface area contributed by atoms with Crippen LogP contribution < -0.4 is 0 Å². The van der Waals surface area contributed by atoms with E-state index in [1.165, 1.54) is 70.0 Å². The summed E-state index contributed by atoms with van der Waals surface area (Å²) in [5.74, 6) is 0. The number of alkyl halides is 1. The van der Waals surface area contributed by atoms with E-state index in [0.29, 0.717) is 5.41 Å². The minimum atomic E-state index is 0.576. The molecule has 0 aromatic rings. The van der Waals surface area contributed by atoms with Crippen molar-refractivity contribution in [3.05, 3.63) is 0 Å². The van der Waals surface area contributed by atoms with Crippen LogP contribution in [-0.4, -0.2) is 54.4 Å². The van der Waals surface area contributed by atoms with Crippen molar-refractivity contribution in [1.82, 2.24) is 9.80 Å². The van der Waals surface area contributed by atoms with Gasteiger partial charge in [0, 0.05) is 37.6 Å². The van der Waals surface area contributed by atoms with Gasteiger partial charge in [-0.1, -0.05) is 42.1 Å². The molecular weight excluding hydrogens is 288 g/mol. The first kappa shape index (κ1) is 14.8. The van der Waals surface area contributed by atoms with Crippen molar-refractivity contribution >= 4 is 15.9 Å². The lowest BCUT2D eigenvalue weighted by Gasteiger charge is -2.45. The van der Waals surface area contributed by atoms with Crippen LogP contribution in [0.5, 0.6) is 0 Å². The van der Waals surface area contributed by atoms with Gasteiger partial charge in [-0.05, 0) is 31.7 Å². The Kier molecular flexibility index (Phi) is 5.52. The van der Waals surface area contributed by atoms with Gasteiger partial charge in [-0.25, -0.2) is 0 Å². The third-order valence-corrected chi connectivity index (χ3v) is 6.28. The fourth-order valence-corrected chi connectivity index (χ4v) is 4.44. The molecular formula is C15H29BrN2. The molecule has 1 saturated carbocycles. The van der Waals surface area contributed by atoms with Gasteiger partial charge in [0.2, 0.25) is 0 Å². The summed E-state index contributed by atoms with van der Waals surface area (Å²) < 4.78 is 0. The molecule has 0 aromatic carbocycles. The van der Waals surface area contributed by atoms with Gasteiger partial charge in [-0.2, -0.15) is 0 Å². The van der Waals surface area contributed by atoms with Crippen molar-refractivity contribution in [3.63, 3.8) is 0 Å². The van der Waals surface area contributed by atoms with Crippen molar-refractivity contribution in [3.8, 4) is 0 Å². The first-order chi connectivity index (χ1) is 8.69. The molecule has 106 valence electrons. The Morgan fingerprint density at radius 2 is 1.89 bits per heavy atom. The van der Waals surface area contributed by atoms with Gasteiger partial charge in [-0.15, -0.1) is 0 Å². The maximum absolute atomic E-state index is 3.80. The van der Waals surface area contributed by atoms with Crippen LogP contribution in [0.1, 0.15) is 45.4 Å². The van der Waals surface area contributed by atoms with Crippen LogP contribution in [0, 0.1) is 5.41 Å². The summed E-state index contributed by atoms with van der Waals surface area (Å²) in [5.41, 5.74) is 0.576. The Hall–Kier alpha value is 0.400. The fraction of sp³-hybridized carbons (Fsp3) is 1.00. The smallest absolute Gasteiger partial charge is 0.0218 e. The molecule has 2 nitrogen and oxygen atoms in total. The van der Waals surface area contributed by atoms with Crippen LogP contribution in [0.2, 0.25) is 0 Å². The minimum Gasteiger partial charge on any atom is -0.301 e. The van der Waals surface area contributed by atoms with Crippen LogP contribution in [0.15, 0.2) is 0 Å². The second kappa shape index (κ2) is 6.71. The first-order valence-corrected chi connectivity index (χ1v) is 8.80. The highest BCUT2D eigenvalue weighted by atomic mass is 79.9. The molecule has 2 fully saturated rings. The summed E-state index contributed by atoms with van der Waals surface area (Å²) in [5, 5.41) is 1.20. The number of likely N-dealkylation sites (N-methyl/N-ethyl adjacent to an activating group) is 1. The summed E-state index contributed by atoms with van der Waals surface area (Å²) in [6.07, 6.45) is 8.49. The average Bonchev–Trinajstić information content (AvgIpc) is 2.42.